The van der Waals surface area contributed by atoms with Crippen LogP contribution in [0.25, 0.3) is 0 Å². The second-order valence-corrected chi connectivity index (χ2v) is 7.43. The minimum atomic E-state index is 0.00300. The van der Waals surface area contributed by atoms with Crippen molar-refractivity contribution in [1.82, 2.24) is 15.2 Å². The number of H-pyrrole nitrogens is 1. The summed E-state index contributed by atoms with van der Waals surface area (Å²) >= 11 is 0. The zero-order chi connectivity index (χ0) is 16.3. The third kappa shape index (κ3) is 4.11. The van der Waals surface area contributed by atoms with E-state index in [1.165, 1.54) is 0 Å². The van der Waals surface area contributed by atoms with Gasteiger partial charge in [-0.1, -0.05) is 20.8 Å². The first kappa shape index (κ1) is 17.0. The Morgan fingerprint density at radius 1 is 1.41 bits per heavy atom. The highest BCUT2D eigenvalue weighted by atomic mass is 16.5. The minimum absolute atomic E-state index is 0.00300. The summed E-state index contributed by atoms with van der Waals surface area (Å²) in [6, 6.07) is 3.81. The maximum atomic E-state index is 11.9. The predicted molar refractivity (Wildman–Crippen MR) is 87.8 cm³/mol. The lowest BCUT2D eigenvalue weighted by Crippen LogP contribution is -2.36. The Hall–Kier alpha value is -1.33. The van der Waals surface area contributed by atoms with Crippen molar-refractivity contribution >= 4 is 5.91 Å². The molecule has 5 nitrogen and oxygen atoms in total. The van der Waals surface area contributed by atoms with E-state index in [1.54, 1.807) is 19.0 Å². The summed E-state index contributed by atoms with van der Waals surface area (Å²) in [5, 5.41) is 3.49. The van der Waals surface area contributed by atoms with Crippen molar-refractivity contribution in [3.05, 3.63) is 23.5 Å². The summed E-state index contributed by atoms with van der Waals surface area (Å²) in [5.41, 5.74) is 1.86. The second-order valence-electron chi connectivity index (χ2n) is 7.43. The van der Waals surface area contributed by atoms with Gasteiger partial charge in [-0.25, -0.2) is 0 Å². The fourth-order valence-corrected chi connectivity index (χ4v) is 3.10. The van der Waals surface area contributed by atoms with E-state index in [9.17, 15) is 4.79 Å². The van der Waals surface area contributed by atoms with Gasteiger partial charge in [0.1, 0.15) is 5.69 Å². The van der Waals surface area contributed by atoms with Crippen LogP contribution >= 0.6 is 0 Å². The number of aromatic nitrogens is 1. The normalized spacial score (nSPS) is 22.0. The molecule has 1 aliphatic heterocycles. The van der Waals surface area contributed by atoms with E-state index >= 15 is 0 Å². The molecule has 2 heterocycles. The van der Waals surface area contributed by atoms with Gasteiger partial charge in [0.05, 0.1) is 6.10 Å². The van der Waals surface area contributed by atoms with Gasteiger partial charge in [0.2, 0.25) is 0 Å². The van der Waals surface area contributed by atoms with Crippen molar-refractivity contribution in [3.8, 4) is 0 Å². The number of amides is 1. The van der Waals surface area contributed by atoms with Crippen molar-refractivity contribution < 1.29 is 9.53 Å². The topological polar surface area (TPSA) is 57.4 Å². The summed E-state index contributed by atoms with van der Waals surface area (Å²) in [5.74, 6) is 0.557. The minimum Gasteiger partial charge on any atom is -0.377 e. The number of carbonyl (C=O) groups excluding carboxylic acids is 1. The van der Waals surface area contributed by atoms with Crippen molar-refractivity contribution in [2.24, 2.45) is 11.3 Å². The lowest BCUT2D eigenvalue weighted by molar-refractivity contribution is 0.00720. The highest BCUT2D eigenvalue weighted by molar-refractivity contribution is 5.92. The number of nitrogens with one attached hydrogen (secondary N) is 2. The van der Waals surface area contributed by atoms with Gasteiger partial charge in [0, 0.05) is 45.4 Å². The molecule has 0 aromatic carbocycles. The van der Waals surface area contributed by atoms with Crippen LogP contribution in [0.3, 0.4) is 0 Å². The van der Waals surface area contributed by atoms with E-state index < -0.39 is 0 Å². The van der Waals surface area contributed by atoms with E-state index in [4.69, 9.17) is 4.74 Å². The van der Waals surface area contributed by atoms with Crippen LogP contribution in [0, 0.1) is 11.3 Å². The molecule has 0 aliphatic carbocycles. The monoisotopic (exact) mass is 307 g/mol. The van der Waals surface area contributed by atoms with Crippen LogP contribution in [0.5, 0.6) is 0 Å². The van der Waals surface area contributed by atoms with E-state index in [2.05, 4.69) is 31.1 Å². The first-order chi connectivity index (χ1) is 10.3. The number of aromatic amines is 1. The highest BCUT2D eigenvalue weighted by Gasteiger charge is 2.36. The van der Waals surface area contributed by atoms with Gasteiger partial charge < -0.3 is 19.9 Å². The second kappa shape index (κ2) is 6.84. The lowest BCUT2D eigenvalue weighted by Gasteiger charge is -2.31. The molecule has 1 aromatic rings. The Labute approximate surface area is 133 Å². The van der Waals surface area contributed by atoms with Gasteiger partial charge in [-0.15, -0.1) is 0 Å². The number of rotatable bonds is 5. The molecule has 1 aliphatic rings. The molecule has 124 valence electrons. The molecule has 1 fully saturated rings. The summed E-state index contributed by atoms with van der Waals surface area (Å²) in [7, 11) is 3.52. The lowest BCUT2D eigenvalue weighted by atomic mass is 9.81. The molecule has 2 N–H and O–H groups in total. The van der Waals surface area contributed by atoms with Crippen LogP contribution in [-0.2, 0) is 11.3 Å². The molecule has 1 amide bonds. The summed E-state index contributed by atoms with van der Waals surface area (Å²) in [6.07, 6.45) is 1.43. The Kier molecular flexibility index (Phi) is 5.29. The molecular formula is C17H29N3O2. The summed E-state index contributed by atoms with van der Waals surface area (Å²) in [4.78, 5) is 16.6. The van der Waals surface area contributed by atoms with Crippen LogP contribution in [0.1, 0.15) is 43.4 Å². The standard InChI is InChI=1S/C17H29N3O2/c1-17(2,3)15-12(8-9-22-15)10-18-11-13-6-7-14(19-13)16(21)20(4)5/h6-7,12,15,18-19H,8-11H2,1-5H3/t12-,15+/m1/s1. The molecule has 1 saturated heterocycles. The van der Waals surface area contributed by atoms with Crippen LogP contribution < -0.4 is 5.32 Å². The summed E-state index contributed by atoms with van der Waals surface area (Å²) < 4.78 is 5.90. The third-order valence-corrected chi connectivity index (χ3v) is 4.17. The molecule has 0 unspecified atom stereocenters. The fourth-order valence-electron chi connectivity index (χ4n) is 3.10. The van der Waals surface area contributed by atoms with Crippen molar-refractivity contribution in [1.29, 1.82) is 0 Å². The maximum absolute atomic E-state index is 11.9. The van der Waals surface area contributed by atoms with Gasteiger partial charge in [-0.3, -0.25) is 4.79 Å². The van der Waals surface area contributed by atoms with E-state index in [0.29, 0.717) is 17.7 Å². The van der Waals surface area contributed by atoms with E-state index in [-0.39, 0.29) is 11.3 Å². The van der Waals surface area contributed by atoms with Gasteiger partial charge in [0.15, 0.2) is 0 Å². The molecule has 1 aromatic heterocycles. The smallest absolute Gasteiger partial charge is 0.269 e. The maximum Gasteiger partial charge on any atom is 0.269 e. The van der Waals surface area contributed by atoms with Crippen LogP contribution in [-0.4, -0.2) is 49.1 Å². The van der Waals surface area contributed by atoms with Crippen LogP contribution in [0.4, 0.5) is 0 Å². The number of carbonyl (C=O) groups is 1. The SMILES string of the molecule is CN(C)C(=O)c1ccc(CNC[C@H]2CCO[C@@H]2C(C)(C)C)[nH]1. The van der Waals surface area contributed by atoms with Crippen molar-refractivity contribution in [3.63, 3.8) is 0 Å². The van der Waals surface area contributed by atoms with Crippen LogP contribution in [0.2, 0.25) is 0 Å². The molecule has 0 bridgehead atoms. The van der Waals surface area contributed by atoms with Crippen molar-refractivity contribution in [2.45, 2.75) is 39.8 Å². The molecule has 2 rings (SSSR count). The average molecular weight is 307 g/mol. The van der Waals surface area contributed by atoms with E-state index in [0.717, 1.165) is 31.8 Å². The average Bonchev–Trinajstić information content (AvgIpc) is 3.06. The highest BCUT2D eigenvalue weighted by Crippen LogP contribution is 2.34. The molecule has 0 radical (unpaired) electrons. The van der Waals surface area contributed by atoms with Crippen molar-refractivity contribution in [2.75, 3.05) is 27.2 Å². The Balaban J connectivity index is 1.83. The fraction of sp³-hybridized carbons (Fsp3) is 0.706. The first-order valence-electron chi connectivity index (χ1n) is 8.01. The van der Waals surface area contributed by atoms with Gasteiger partial charge >= 0.3 is 0 Å². The zero-order valence-corrected chi connectivity index (χ0v) is 14.4. The number of nitrogens with zero attached hydrogens (tertiary/aromatic N) is 1. The molecule has 0 saturated carbocycles. The number of hydrogen-bond acceptors (Lipinski definition) is 3. The first-order valence-corrected chi connectivity index (χ1v) is 8.01. The number of hydrogen-bond donors (Lipinski definition) is 2. The van der Waals surface area contributed by atoms with Gasteiger partial charge in [0.25, 0.3) is 5.91 Å². The summed E-state index contributed by atoms with van der Waals surface area (Å²) in [6.45, 7) is 9.25. The Morgan fingerprint density at radius 3 is 2.77 bits per heavy atom. The third-order valence-electron chi connectivity index (χ3n) is 4.17. The zero-order valence-electron chi connectivity index (χ0n) is 14.4. The molecule has 2 atom stereocenters. The van der Waals surface area contributed by atoms with Gasteiger partial charge in [-0.2, -0.15) is 0 Å². The Morgan fingerprint density at radius 2 is 2.14 bits per heavy atom. The Bertz CT molecular complexity index is 502. The van der Waals surface area contributed by atoms with E-state index in [1.807, 2.05) is 12.1 Å². The largest absolute Gasteiger partial charge is 0.377 e. The number of ether oxygens (including phenoxy) is 1. The quantitative estimate of drug-likeness (QED) is 0.877. The molecule has 22 heavy (non-hydrogen) atoms. The molecule has 5 heteroatoms. The van der Waals surface area contributed by atoms with Gasteiger partial charge in [-0.05, 0) is 24.0 Å². The molecule has 0 spiro atoms. The molecular weight excluding hydrogens is 278 g/mol. The van der Waals surface area contributed by atoms with Crippen LogP contribution in [0.15, 0.2) is 12.1 Å². The predicted octanol–water partition coefficient (Wildman–Crippen LogP) is 2.26.